The SMILES string of the molecule is O=C(NNS(=O)(=O)c1ccc2c(c1)CCC2)c1ccc([N+](=O)[O-])cc1. The van der Waals surface area contributed by atoms with Crippen LogP contribution in [0, 0.1) is 10.1 Å². The lowest BCUT2D eigenvalue weighted by molar-refractivity contribution is -0.384. The molecule has 0 saturated carbocycles. The summed E-state index contributed by atoms with van der Waals surface area (Å²) in [5.41, 5.74) is 4.20. The molecule has 0 unspecified atom stereocenters. The van der Waals surface area contributed by atoms with Crippen LogP contribution in [0.25, 0.3) is 0 Å². The van der Waals surface area contributed by atoms with Crippen molar-refractivity contribution in [3.8, 4) is 0 Å². The topological polar surface area (TPSA) is 118 Å². The number of benzene rings is 2. The van der Waals surface area contributed by atoms with Gasteiger partial charge in [-0.15, -0.1) is 4.83 Å². The number of nitro benzene ring substituents is 1. The van der Waals surface area contributed by atoms with Crippen molar-refractivity contribution < 1.29 is 18.1 Å². The van der Waals surface area contributed by atoms with Gasteiger partial charge in [0.25, 0.3) is 21.6 Å². The third-order valence-corrected chi connectivity index (χ3v) is 5.26. The van der Waals surface area contributed by atoms with Crippen molar-refractivity contribution in [2.24, 2.45) is 0 Å². The molecule has 1 amide bonds. The van der Waals surface area contributed by atoms with Crippen molar-refractivity contribution in [1.82, 2.24) is 10.3 Å². The fraction of sp³-hybridized carbons (Fsp3) is 0.188. The van der Waals surface area contributed by atoms with Gasteiger partial charge in [-0.2, -0.15) is 0 Å². The molecule has 1 aliphatic rings. The molecule has 0 radical (unpaired) electrons. The largest absolute Gasteiger partial charge is 0.273 e. The molecule has 25 heavy (non-hydrogen) atoms. The highest BCUT2D eigenvalue weighted by Crippen LogP contribution is 2.24. The van der Waals surface area contributed by atoms with Crippen molar-refractivity contribution in [1.29, 1.82) is 0 Å². The molecule has 3 rings (SSSR count). The number of amides is 1. The Hall–Kier alpha value is -2.78. The monoisotopic (exact) mass is 361 g/mol. The second-order valence-electron chi connectivity index (χ2n) is 5.65. The normalized spacial score (nSPS) is 13.3. The molecule has 0 bridgehead atoms. The van der Waals surface area contributed by atoms with Gasteiger partial charge in [0.1, 0.15) is 0 Å². The summed E-state index contributed by atoms with van der Waals surface area (Å²) in [6.45, 7) is 0. The van der Waals surface area contributed by atoms with Crippen molar-refractivity contribution in [2.45, 2.75) is 24.2 Å². The molecule has 0 fully saturated rings. The van der Waals surface area contributed by atoms with Gasteiger partial charge >= 0.3 is 0 Å². The number of fused-ring (bicyclic) bond motifs is 1. The summed E-state index contributed by atoms with van der Waals surface area (Å²) in [7, 11) is -3.90. The van der Waals surface area contributed by atoms with Gasteiger partial charge in [-0.25, -0.2) is 8.42 Å². The molecule has 2 N–H and O–H groups in total. The van der Waals surface area contributed by atoms with E-state index in [-0.39, 0.29) is 16.1 Å². The molecule has 130 valence electrons. The van der Waals surface area contributed by atoms with Gasteiger partial charge in [0.15, 0.2) is 0 Å². The van der Waals surface area contributed by atoms with Crippen LogP contribution >= 0.6 is 0 Å². The van der Waals surface area contributed by atoms with Crippen LogP contribution < -0.4 is 10.3 Å². The lowest BCUT2D eigenvalue weighted by atomic mass is 10.1. The van der Waals surface area contributed by atoms with E-state index >= 15 is 0 Å². The summed E-state index contributed by atoms with van der Waals surface area (Å²) in [6, 6.07) is 9.74. The number of hydrazine groups is 1. The Morgan fingerprint density at radius 1 is 1.04 bits per heavy atom. The van der Waals surface area contributed by atoms with Gasteiger partial charge < -0.3 is 0 Å². The first-order valence-corrected chi connectivity index (χ1v) is 9.03. The van der Waals surface area contributed by atoms with Crippen molar-refractivity contribution in [3.05, 3.63) is 69.3 Å². The first-order chi connectivity index (χ1) is 11.9. The van der Waals surface area contributed by atoms with Crippen molar-refractivity contribution in [2.75, 3.05) is 0 Å². The van der Waals surface area contributed by atoms with Crippen LogP contribution in [0.5, 0.6) is 0 Å². The highest BCUT2D eigenvalue weighted by atomic mass is 32.2. The van der Waals surface area contributed by atoms with Crippen LogP contribution in [0.15, 0.2) is 47.4 Å². The van der Waals surface area contributed by atoms with Crippen LogP contribution in [0.4, 0.5) is 5.69 Å². The lowest BCUT2D eigenvalue weighted by Gasteiger charge is -2.10. The standard InChI is InChI=1S/C16H15N3O5S/c20-16(12-4-7-14(8-5-12)19(21)22)17-18-25(23,24)15-9-6-11-2-1-3-13(11)10-15/h4-10,18H,1-3H2,(H,17,20). The number of carbonyl (C=O) groups is 1. The van der Waals surface area contributed by atoms with E-state index in [0.29, 0.717) is 0 Å². The summed E-state index contributed by atoms with van der Waals surface area (Å²) in [4.78, 5) is 24.1. The number of nitrogens with zero attached hydrogens (tertiary/aromatic N) is 1. The third-order valence-electron chi connectivity index (χ3n) is 4.02. The van der Waals surface area contributed by atoms with E-state index in [2.05, 4.69) is 5.43 Å². The van der Waals surface area contributed by atoms with Crippen LogP contribution in [0.3, 0.4) is 0 Å². The number of non-ortho nitro benzene ring substituents is 1. The average Bonchev–Trinajstić information content (AvgIpc) is 3.07. The molecule has 2 aromatic rings. The minimum absolute atomic E-state index is 0.0807. The molecular weight excluding hydrogens is 346 g/mol. The van der Waals surface area contributed by atoms with E-state index in [4.69, 9.17) is 0 Å². The highest BCUT2D eigenvalue weighted by molar-refractivity contribution is 7.89. The summed E-state index contributed by atoms with van der Waals surface area (Å²) < 4.78 is 24.6. The van der Waals surface area contributed by atoms with Gasteiger partial charge in [0.2, 0.25) is 0 Å². The molecule has 8 nitrogen and oxygen atoms in total. The molecular formula is C16H15N3O5S. The van der Waals surface area contributed by atoms with E-state index in [9.17, 15) is 23.3 Å². The Morgan fingerprint density at radius 3 is 2.40 bits per heavy atom. The first kappa shape index (κ1) is 17.1. The van der Waals surface area contributed by atoms with Gasteiger partial charge in [-0.3, -0.25) is 20.3 Å². The molecule has 2 aromatic carbocycles. The Morgan fingerprint density at radius 2 is 1.72 bits per heavy atom. The number of aryl methyl sites for hydroxylation is 2. The predicted octanol–water partition coefficient (Wildman–Crippen LogP) is 1.71. The minimum Gasteiger partial charge on any atom is -0.273 e. The molecule has 0 heterocycles. The third kappa shape index (κ3) is 3.67. The number of hydrogen-bond acceptors (Lipinski definition) is 5. The zero-order valence-electron chi connectivity index (χ0n) is 13.1. The summed E-state index contributed by atoms with van der Waals surface area (Å²) >= 11 is 0. The number of nitrogens with one attached hydrogen (secondary N) is 2. The van der Waals surface area contributed by atoms with E-state index in [0.717, 1.165) is 30.4 Å². The molecule has 0 atom stereocenters. The van der Waals surface area contributed by atoms with E-state index in [1.807, 2.05) is 4.83 Å². The Kier molecular flexibility index (Phi) is 4.51. The van der Waals surface area contributed by atoms with Crippen molar-refractivity contribution in [3.63, 3.8) is 0 Å². The van der Waals surface area contributed by atoms with Gasteiger partial charge in [-0.05, 0) is 54.7 Å². The van der Waals surface area contributed by atoms with Gasteiger partial charge in [-0.1, -0.05) is 6.07 Å². The summed E-state index contributed by atoms with van der Waals surface area (Å²) in [5, 5.41) is 10.6. The molecule has 9 heteroatoms. The number of nitro groups is 1. The first-order valence-electron chi connectivity index (χ1n) is 7.55. The van der Waals surface area contributed by atoms with Crippen LogP contribution in [0.2, 0.25) is 0 Å². The maximum absolute atomic E-state index is 12.3. The molecule has 0 aromatic heterocycles. The quantitative estimate of drug-likeness (QED) is 0.621. The van der Waals surface area contributed by atoms with Crippen LogP contribution in [-0.4, -0.2) is 19.2 Å². The highest BCUT2D eigenvalue weighted by Gasteiger charge is 2.19. The van der Waals surface area contributed by atoms with Gasteiger partial charge in [0, 0.05) is 17.7 Å². The zero-order chi connectivity index (χ0) is 18.0. The molecule has 0 saturated heterocycles. The molecule has 1 aliphatic carbocycles. The Labute approximate surface area is 144 Å². The fourth-order valence-electron chi connectivity index (χ4n) is 2.69. The average molecular weight is 361 g/mol. The maximum Gasteiger partial charge on any atom is 0.269 e. The smallest absolute Gasteiger partial charge is 0.269 e. The minimum atomic E-state index is -3.90. The summed E-state index contributed by atoms with van der Waals surface area (Å²) in [5.74, 6) is -0.709. The second kappa shape index (κ2) is 6.61. The predicted molar refractivity (Wildman–Crippen MR) is 89.4 cm³/mol. The molecule has 0 aliphatic heterocycles. The van der Waals surface area contributed by atoms with Gasteiger partial charge in [0.05, 0.1) is 9.82 Å². The Bertz CT molecular complexity index is 939. The second-order valence-corrected chi connectivity index (χ2v) is 7.33. The number of carbonyl (C=O) groups excluding carboxylic acids is 1. The number of rotatable bonds is 5. The lowest BCUT2D eigenvalue weighted by Crippen LogP contribution is -2.41. The summed E-state index contributed by atoms with van der Waals surface area (Å²) in [6.07, 6.45) is 2.79. The molecule has 0 spiro atoms. The van der Waals surface area contributed by atoms with E-state index in [1.54, 1.807) is 12.1 Å². The number of hydrogen-bond donors (Lipinski definition) is 2. The van der Waals surface area contributed by atoms with Crippen molar-refractivity contribution >= 4 is 21.6 Å². The van der Waals surface area contributed by atoms with Crippen LogP contribution in [0.1, 0.15) is 27.9 Å². The maximum atomic E-state index is 12.3. The Balaban J connectivity index is 1.69. The zero-order valence-corrected chi connectivity index (χ0v) is 13.9. The van der Waals surface area contributed by atoms with E-state index < -0.39 is 20.9 Å². The van der Waals surface area contributed by atoms with Crippen LogP contribution in [-0.2, 0) is 22.9 Å². The van der Waals surface area contributed by atoms with E-state index in [1.165, 1.54) is 30.3 Å². The fourth-order valence-corrected chi connectivity index (χ4v) is 3.58. The number of sulfonamides is 1.